The van der Waals surface area contributed by atoms with Crippen LogP contribution < -0.4 is 10.1 Å². The van der Waals surface area contributed by atoms with Crippen molar-refractivity contribution in [2.45, 2.75) is 52.2 Å². The molecule has 2 unspecified atom stereocenters. The lowest BCUT2D eigenvalue weighted by Gasteiger charge is -2.55. The summed E-state index contributed by atoms with van der Waals surface area (Å²) >= 11 is 3.31. The second-order valence-electron chi connectivity index (χ2n) is 5.50. The SMILES string of the molecule is CCNC1CC(Oc2cc(F)cc(Br)c2)C1(CC)CC. The van der Waals surface area contributed by atoms with Gasteiger partial charge in [0, 0.05) is 28.4 Å². The minimum atomic E-state index is -0.268. The molecule has 0 aliphatic heterocycles. The highest BCUT2D eigenvalue weighted by Gasteiger charge is 2.53. The van der Waals surface area contributed by atoms with Gasteiger partial charge in [0.2, 0.25) is 0 Å². The number of ether oxygens (including phenoxy) is 1. The summed E-state index contributed by atoms with van der Waals surface area (Å²) < 4.78 is 20.2. The zero-order valence-electron chi connectivity index (χ0n) is 12.4. The van der Waals surface area contributed by atoms with Crippen LogP contribution in [0.25, 0.3) is 0 Å². The third kappa shape index (κ3) is 2.86. The second-order valence-corrected chi connectivity index (χ2v) is 6.41. The van der Waals surface area contributed by atoms with Crippen molar-refractivity contribution in [3.05, 3.63) is 28.5 Å². The molecule has 1 aliphatic rings. The number of hydrogen-bond acceptors (Lipinski definition) is 2. The molecule has 1 aromatic carbocycles. The van der Waals surface area contributed by atoms with E-state index in [-0.39, 0.29) is 17.3 Å². The van der Waals surface area contributed by atoms with Crippen LogP contribution in [0, 0.1) is 11.2 Å². The molecule has 0 radical (unpaired) electrons. The molecule has 1 fully saturated rings. The summed E-state index contributed by atoms with van der Waals surface area (Å²) in [7, 11) is 0. The van der Waals surface area contributed by atoms with Crippen LogP contribution in [0.4, 0.5) is 4.39 Å². The first-order valence-electron chi connectivity index (χ1n) is 7.41. The van der Waals surface area contributed by atoms with E-state index in [2.05, 4.69) is 42.0 Å². The minimum absolute atomic E-state index is 0.162. The number of rotatable bonds is 6. The summed E-state index contributed by atoms with van der Waals surface area (Å²) in [5.74, 6) is 0.346. The smallest absolute Gasteiger partial charge is 0.128 e. The third-order valence-electron chi connectivity index (χ3n) is 4.67. The van der Waals surface area contributed by atoms with E-state index in [0.29, 0.717) is 16.3 Å². The Bertz CT molecular complexity index is 442. The Labute approximate surface area is 129 Å². The van der Waals surface area contributed by atoms with Crippen LogP contribution >= 0.6 is 15.9 Å². The molecule has 2 rings (SSSR count). The van der Waals surface area contributed by atoms with E-state index < -0.39 is 0 Å². The first-order chi connectivity index (χ1) is 9.55. The van der Waals surface area contributed by atoms with Crippen molar-refractivity contribution in [2.24, 2.45) is 5.41 Å². The molecule has 20 heavy (non-hydrogen) atoms. The van der Waals surface area contributed by atoms with Crippen molar-refractivity contribution in [1.29, 1.82) is 0 Å². The van der Waals surface area contributed by atoms with Crippen LogP contribution in [0.15, 0.2) is 22.7 Å². The van der Waals surface area contributed by atoms with Crippen molar-refractivity contribution in [3.8, 4) is 5.75 Å². The molecule has 0 heterocycles. The van der Waals surface area contributed by atoms with E-state index in [9.17, 15) is 4.39 Å². The van der Waals surface area contributed by atoms with Crippen LogP contribution in [-0.4, -0.2) is 18.7 Å². The first kappa shape index (κ1) is 15.8. The molecule has 1 saturated carbocycles. The Morgan fingerprint density at radius 3 is 2.55 bits per heavy atom. The summed E-state index contributed by atoms with van der Waals surface area (Å²) in [4.78, 5) is 0. The maximum Gasteiger partial charge on any atom is 0.128 e. The molecule has 112 valence electrons. The van der Waals surface area contributed by atoms with Crippen molar-refractivity contribution >= 4 is 15.9 Å². The fourth-order valence-corrected chi connectivity index (χ4v) is 3.85. The first-order valence-corrected chi connectivity index (χ1v) is 8.21. The van der Waals surface area contributed by atoms with Gasteiger partial charge in [0.05, 0.1) is 0 Å². The zero-order valence-corrected chi connectivity index (χ0v) is 14.0. The predicted octanol–water partition coefficient (Wildman–Crippen LogP) is 4.52. The van der Waals surface area contributed by atoms with Crippen LogP contribution in [0.2, 0.25) is 0 Å². The van der Waals surface area contributed by atoms with Crippen molar-refractivity contribution in [3.63, 3.8) is 0 Å². The van der Waals surface area contributed by atoms with Crippen LogP contribution in [0.1, 0.15) is 40.0 Å². The highest BCUT2D eigenvalue weighted by atomic mass is 79.9. The highest BCUT2D eigenvalue weighted by Crippen LogP contribution is 2.49. The molecule has 1 N–H and O–H groups in total. The van der Waals surface area contributed by atoms with Gasteiger partial charge in [-0.05, 0) is 31.5 Å². The lowest BCUT2D eigenvalue weighted by Crippen LogP contribution is -2.64. The number of hydrogen-bond donors (Lipinski definition) is 1. The monoisotopic (exact) mass is 343 g/mol. The van der Waals surface area contributed by atoms with E-state index in [1.807, 2.05) is 6.07 Å². The molecule has 2 atom stereocenters. The van der Waals surface area contributed by atoms with Gasteiger partial charge < -0.3 is 10.1 Å². The fourth-order valence-electron chi connectivity index (χ4n) is 3.40. The molecule has 1 aromatic rings. The zero-order chi connectivity index (χ0) is 14.8. The van der Waals surface area contributed by atoms with Crippen LogP contribution in [0.3, 0.4) is 0 Å². The summed E-state index contributed by atoms with van der Waals surface area (Å²) in [6.07, 6.45) is 3.30. The fraction of sp³-hybridized carbons (Fsp3) is 0.625. The molecule has 0 bridgehead atoms. The maximum atomic E-state index is 13.4. The lowest BCUT2D eigenvalue weighted by atomic mass is 9.58. The van der Waals surface area contributed by atoms with Gasteiger partial charge >= 0.3 is 0 Å². The van der Waals surface area contributed by atoms with Gasteiger partial charge in [0.1, 0.15) is 17.7 Å². The Balaban J connectivity index is 2.13. The van der Waals surface area contributed by atoms with Gasteiger partial charge in [-0.1, -0.05) is 36.7 Å². The Kier molecular flexibility index (Phi) is 5.08. The van der Waals surface area contributed by atoms with Crippen molar-refractivity contribution in [2.75, 3.05) is 6.54 Å². The van der Waals surface area contributed by atoms with E-state index >= 15 is 0 Å². The Morgan fingerprint density at radius 2 is 2.00 bits per heavy atom. The van der Waals surface area contributed by atoms with E-state index in [1.54, 1.807) is 0 Å². The van der Waals surface area contributed by atoms with Crippen molar-refractivity contribution in [1.82, 2.24) is 5.32 Å². The molecule has 1 aliphatic carbocycles. The van der Waals surface area contributed by atoms with E-state index in [4.69, 9.17) is 4.74 Å². The molecule has 0 aromatic heterocycles. The van der Waals surface area contributed by atoms with Gasteiger partial charge in [0.15, 0.2) is 0 Å². The summed E-state index contributed by atoms with van der Waals surface area (Å²) in [6, 6.07) is 5.24. The van der Waals surface area contributed by atoms with Gasteiger partial charge in [-0.25, -0.2) is 4.39 Å². The normalized spacial score (nSPS) is 24.2. The highest BCUT2D eigenvalue weighted by molar-refractivity contribution is 9.10. The van der Waals surface area contributed by atoms with E-state index in [1.165, 1.54) is 12.1 Å². The largest absolute Gasteiger partial charge is 0.490 e. The van der Waals surface area contributed by atoms with Crippen LogP contribution in [-0.2, 0) is 0 Å². The van der Waals surface area contributed by atoms with Gasteiger partial charge in [-0.2, -0.15) is 0 Å². The van der Waals surface area contributed by atoms with Crippen LogP contribution in [0.5, 0.6) is 5.75 Å². The molecule has 0 spiro atoms. The average Bonchev–Trinajstić information content (AvgIpc) is 2.38. The Hall–Kier alpha value is -0.610. The van der Waals surface area contributed by atoms with Gasteiger partial charge in [-0.15, -0.1) is 0 Å². The molecular weight excluding hydrogens is 321 g/mol. The van der Waals surface area contributed by atoms with Gasteiger partial charge in [0.25, 0.3) is 0 Å². The van der Waals surface area contributed by atoms with E-state index in [0.717, 1.165) is 25.8 Å². The molecule has 2 nitrogen and oxygen atoms in total. The predicted molar refractivity (Wildman–Crippen MR) is 83.6 cm³/mol. The van der Waals surface area contributed by atoms with Crippen molar-refractivity contribution < 1.29 is 9.13 Å². The second kappa shape index (κ2) is 6.44. The quantitative estimate of drug-likeness (QED) is 0.819. The molecule has 4 heteroatoms. The number of benzene rings is 1. The topological polar surface area (TPSA) is 21.3 Å². The molecule has 0 amide bonds. The molecular formula is C16H23BrFNO. The summed E-state index contributed by atoms with van der Waals surface area (Å²) in [6.45, 7) is 7.54. The number of nitrogens with one attached hydrogen (secondary N) is 1. The van der Waals surface area contributed by atoms with Gasteiger partial charge in [-0.3, -0.25) is 0 Å². The molecule has 0 saturated heterocycles. The third-order valence-corrected chi connectivity index (χ3v) is 5.12. The lowest BCUT2D eigenvalue weighted by molar-refractivity contribution is -0.0855. The summed E-state index contributed by atoms with van der Waals surface area (Å²) in [5, 5.41) is 3.55. The number of halogens is 2. The Morgan fingerprint density at radius 1 is 1.30 bits per heavy atom. The maximum absolute atomic E-state index is 13.4. The average molecular weight is 344 g/mol. The summed E-state index contributed by atoms with van der Waals surface area (Å²) in [5.41, 5.74) is 0.162. The minimum Gasteiger partial charge on any atom is -0.490 e. The standard InChI is InChI=1S/C16H23BrFNO/c1-4-16(5-2)14(19-6-3)10-15(16)20-13-8-11(17)7-12(18)9-13/h7-9,14-15,19H,4-6,10H2,1-3H3.